The molecule has 5 aromatic carbocycles. The third-order valence-electron chi connectivity index (χ3n) is 9.17. The monoisotopic (exact) mass is 592 g/mol. The Morgan fingerprint density at radius 3 is 1.72 bits per heavy atom. The Bertz CT molecular complexity index is 2370. The third kappa shape index (κ3) is 4.00. The predicted molar refractivity (Wildman–Crippen MR) is 184 cm³/mol. The van der Waals surface area contributed by atoms with Crippen LogP contribution >= 0.6 is 0 Å². The second-order valence-electron chi connectivity index (χ2n) is 12.2. The molecule has 3 aromatic heterocycles. The lowest BCUT2D eigenvalue weighted by atomic mass is 9.82. The van der Waals surface area contributed by atoms with Crippen LogP contribution < -0.4 is 0 Å². The van der Waals surface area contributed by atoms with Crippen LogP contribution in [0.25, 0.3) is 73.0 Å². The summed E-state index contributed by atoms with van der Waals surface area (Å²) in [5.74, 6) is 2.34. The zero-order chi connectivity index (χ0) is 30.8. The van der Waals surface area contributed by atoms with E-state index in [0.717, 1.165) is 27.7 Å². The van der Waals surface area contributed by atoms with Crippen molar-refractivity contribution in [2.75, 3.05) is 0 Å². The molecule has 0 saturated heterocycles. The lowest BCUT2D eigenvalue weighted by Gasteiger charge is -2.21. The van der Waals surface area contributed by atoms with Gasteiger partial charge in [-0.1, -0.05) is 117 Å². The molecule has 0 N–H and O–H groups in total. The van der Waals surface area contributed by atoms with E-state index in [0.29, 0.717) is 23.4 Å². The quantitative estimate of drug-likeness (QED) is 0.204. The lowest BCUT2D eigenvalue weighted by Crippen LogP contribution is -2.15. The van der Waals surface area contributed by atoms with E-state index in [1.165, 1.54) is 33.0 Å². The summed E-state index contributed by atoms with van der Waals surface area (Å²) in [6.45, 7) is 4.62. The molecule has 1 aliphatic rings. The molecule has 0 unspecified atom stereocenters. The fraction of sp³-hybridized carbons (Fsp3) is 0.0750. The van der Waals surface area contributed by atoms with Gasteiger partial charge in [0, 0.05) is 39.7 Å². The van der Waals surface area contributed by atoms with Gasteiger partial charge in [-0.2, -0.15) is 0 Å². The van der Waals surface area contributed by atoms with Crippen molar-refractivity contribution in [3.8, 4) is 51.2 Å². The Kier molecular flexibility index (Phi) is 5.74. The predicted octanol–water partition coefficient (Wildman–Crippen LogP) is 9.07. The molecular weight excluding hydrogens is 564 g/mol. The second-order valence-corrected chi connectivity index (χ2v) is 12.2. The van der Waals surface area contributed by atoms with Crippen LogP contribution in [0.3, 0.4) is 0 Å². The molecule has 0 spiro atoms. The van der Waals surface area contributed by atoms with Crippen LogP contribution in [0.15, 0.2) is 134 Å². The largest absolute Gasteiger partial charge is 0.278 e. The van der Waals surface area contributed by atoms with E-state index in [-0.39, 0.29) is 5.41 Å². The van der Waals surface area contributed by atoms with Crippen LogP contribution in [0.1, 0.15) is 25.0 Å². The van der Waals surface area contributed by atoms with Gasteiger partial charge in [-0.05, 0) is 40.5 Å². The maximum atomic E-state index is 4.92. The molecule has 3 heterocycles. The molecule has 0 fully saturated rings. The molecule has 9 rings (SSSR count). The van der Waals surface area contributed by atoms with Crippen LogP contribution in [-0.2, 0) is 5.41 Å². The van der Waals surface area contributed by atoms with Crippen molar-refractivity contribution in [1.29, 1.82) is 0 Å². The highest BCUT2D eigenvalue weighted by Gasteiger charge is 2.36. The molecule has 0 radical (unpaired) electrons. The summed E-state index contributed by atoms with van der Waals surface area (Å²) in [4.78, 5) is 24.4. The number of benzene rings is 5. The van der Waals surface area contributed by atoms with Crippen molar-refractivity contribution in [2.45, 2.75) is 19.3 Å². The molecule has 1 aliphatic carbocycles. The van der Waals surface area contributed by atoms with Gasteiger partial charge >= 0.3 is 0 Å². The number of rotatable bonds is 4. The van der Waals surface area contributed by atoms with Crippen molar-refractivity contribution >= 4 is 21.8 Å². The van der Waals surface area contributed by atoms with Crippen LogP contribution in [0.4, 0.5) is 0 Å². The number of hydrogen-bond donors (Lipinski definition) is 0. The molecule has 0 amide bonds. The summed E-state index contributed by atoms with van der Waals surface area (Å²) in [6.07, 6.45) is 3.63. The normalized spacial score (nSPS) is 13.2. The van der Waals surface area contributed by atoms with E-state index in [9.17, 15) is 0 Å². The van der Waals surface area contributed by atoms with Gasteiger partial charge in [0.1, 0.15) is 0 Å². The number of fused-ring (bicyclic) bond motifs is 6. The highest BCUT2D eigenvalue weighted by Crippen LogP contribution is 2.50. The van der Waals surface area contributed by atoms with E-state index < -0.39 is 0 Å². The average molecular weight is 593 g/mol. The minimum Gasteiger partial charge on any atom is -0.278 e. The summed E-state index contributed by atoms with van der Waals surface area (Å²) in [7, 11) is 0. The maximum Gasteiger partial charge on any atom is 0.234 e. The Balaban J connectivity index is 1.20. The molecule has 0 saturated carbocycles. The highest BCUT2D eigenvalue weighted by atomic mass is 15.2. The molecule has 218 valence electrons. The van der Waals surface area contributed by atoms with Gasteiger partial charge in [0.05, 0.1) is 16.6 Å². The van der Waals surface area contributed by atoms with Crippen molar-refractivity contribution in [3.05, 3.63) is 145 Å². The summed E-state index contributed by atoms with van der Waals surface area (Å²) >= 11 is 0. The van der Waals surface area contributed by atoms with Crippen LogP contribution in [0.2, 0.25) is 0 Å². The van der Waals surface area contributed by atoms with Gasteiger partial charge in [0.2, 0.25) is 5.95 Å². The van der Waals surface area contributed by atoms with Crippen molar-refractivity contribution in [1.82, 2.24) is 29.5 Å². The zero-order valence-electron chi connectivity index (χ0n) is 25.4. The second kappa shape index (κ2) is 10.0. The topological polar surface area (TPSA) is 69.4 Å². The molecular formula is C40H28N6. The first-order chi connectivity index (χ1) is 22.6. The van der Waals surface area contributed by atoms with Crippen LogP contribution in [-0.4, -0.2) is 29.5 Å². The van der Waals surface area contributed by atoms with Gasteiger partial charge in [-0.15, -0.1) is 0 Å². The molecule has 6 nitrogen and oxygen atoms in total. The summed E-state index contributed by atoms with van der Waals surface area (Å²) in [5, 5.41) is 2.36. The number of hydrogen-bond acceptors (Lipinski definition) is 5. The maximum absolute atomic E-state index is 4.92. The zero-order valence-corrected chi connectivity index (χ0v) is 25.4. The molecule has 0 bridgehead atoms. The van der Waals surface area contributed by atoms with E-state index in [2.05, 4.69) is 79.1 Å². The number of aromatic nitrogens is 6. The van der Waals surface area contributed by atoms with Crippen LogP contribution in [0.5, 0.6) is 0 Å². The first-order valence-corrected chi connectivity index (χ1v) is 15.4. The van der Waals surface area contributed by atoms with Crippen molar-refractivity contribution < 1.29 is 0 Å². The fourth-order valence-electron chi connectivity index (χ4n) is 6.87. The fourth-order valence-corrected chi connectivity index (χ4v) is 6.87. The molecule has 0 atom stereocenters. The molecule has 8 aromatic rings. The lowest BCUT2D eigenvalue weighted by molar-refractivity contribution is 0.661. The van der Waals surface area contributed by atoms with Gasteiger partial charge in [0.15, 0.2) is 17.5 Å². The third-order valence-corrected chi connectivity index (χ3v) is 9.17. The highest BCUT2D eigenvalue weighted by molar-refractivity contribution is 6.11. The van der Waals surface area contributed by atoms with Crippen LogP contribution in [0, 0.1) is 0 Å². The standard InChI is InChI=1S/C40H28N6/c1-40(2)32-19-11-9-17-28(32)30-21-31-29-18-10-12-20-34(29)46(35(31)22-33(30)40)39-41-23-27(24-42-39)38-44-36(25-13-5-3-6-14-25)43-37(45-38)26-15-7-4-8-16-26/h3-24H,1-2H3. The van der Waals surface area contributed by atoms with Gasteiger partial charge in [0.25, 0.3) is 0 Å². The minimum atomic E-state index is -0.113. The molecule has 46 heavy (non-hydrogen) atoms. The summed E-state index contributed by atoms with van der Waals surface area (Å²) < 4.78 is 2.17. The summed E-state index contributed by atoms with van der Waals surface area (Å²) in [5.41, 5.74) is 9.88. The van der Waals surface area contributed by atoms with E-state index in [1.807, 2.05) is 73.1 Å². The van der Waals surface area contributed by atoms with E-state index >= 15 is 0 Å². The first-order valence-electron chi connectivity index (χ1n) is 15.4. The Morgan fingerprint density at radius 1 is 0.478 bits per heavy atom. The first kappa shape index (κ1) is 26.4. The SMILES string of the molecule is CC1(C)c2ccccc2-c2cc3c4ccccc4n(-c4ncc(-c5nc(-c6ccccc6)nc(-c6ccccc6)n5)cn4)c3cc21. The average Bonchev–Trinajstić information content (AvgIpc) is 3.56. The van der Waals surface area contributed by atoms with Crippen molar-refractivity contribution in [2.24, 2.45) is 0 Å². The van der Waals surface area contributed by atoms with E-state index in [1.54, 1.807) is 0 Å². The Morgan fingerprint density at radius 2 is 1.04 bits per heavy atom. The minimum absolute atomic E-state index is 0.113. The molecule has 6 heteroatoms. The smallest absolute Gasteiger partial charge is 0.234 e. The molecule has 0 aliphatic heterocycles. The van der Waals surface area contributed by atoms with Gasteiger partial charge < -0.3 is 0 Å². The van der Waals surface area contributed by atoms with Gasteiger partial charge in [-0.3, -0.25) is 4.57 Å². The Labute approximate surface area is 266 Å². The van der Waals surface area contributed by atoms with Gasteiger partial charge in [-0.25, -0.2) is 24.9 Å². The van der Waals surface area contributed by atoms with E-state index in [4.69, 9.17) is 24.9 Å². The summed E-state index contributed by atoms with van der Waals surface area (Å²) in [6, 6.07) is 41.9. The Hall–Kier alpha value is -6.01. The number of para-hydroxylation sites is 1. The number of nitrogens with zero attached hydrogens (tertiary/aromatic N) is 6. The van der Waals surface area contributed by atoms with Crippen molar-refractivity contribution in [3.63, 3.8) is 0 Å².